The van der Waals surface area contributed by atoms with Crippen molar-refractivity contribution in [3.05, 3.63) is 11.5 Å². The summed E-state index contributed by atoms with van der Waals surface area (Å²) in [6.45, 7) is 10.8. The summed E-state index contributed by atoms with van der Waals surface area (Å²) in [6.07, 6.45) is 6.87. The number of nitrogens with zero attached hydrogens (tertiary/aromatic N) is 2. The van der Waals surface area contributed by atoms with Crippen molar-refractivity contribution in [2.75, 3.05) is 13.1 Å². The first-order valence-electron chi connectivity index (χ1n) is 11.3. The molecule has 1 unspecified atom stereocenters. The zero-order chi connectivity index (χ0) is 22.1. The quantitative estimate of drug-likeness (QED) is 0.728. The summed E-state index contributed by atoms with van der Waals surface area (Å²) in [5.41, 5.74) is 0.719. The summed E-state index contributed by atoms with van der Waals surface area (Å²) in [6, 6.07) is 0.205. The van der Waals surface area contributed by atoms with Crippen LogP contribution in [0.1, 0.15) is 77.2 Å². The van der Waals surface area contributed by atoms with Crippen LogP contribution >= 0.6 is 0 Å². The number of rotatable bonds is 6. The van der Waals surface area contributed by atoms with E-state index < -0.39 is 10.0 Å². The molecule has 8 heteroatoms. The molecule has 1 aromatic rings. The van der Waals surface area contributed by atoms with Crippen LogP contribution < -0.4 is 5.32 Å². The maximum absolute atomic E-state index is 13.1. The topological polar surface area (TPSA) is 92.5 Å². The zero-order valence-electron chi connectivity index (χ0n) is 19.0. The number of nitrogens with one attached hydrogen (secondary N) is 1. The van der Waals surface area contributed by atoms with Gasteiger partial charge in [-0.2, -0.15) is 4.31 Å². The smallest absolute Gasteiger partial charge is 0.248 e. The third-order valence-electron chi connectivity index (χ3n) is 7.41. The van der Waals surface area contributed by atoms with Crippen molar-refractivity contribution < 1.29 is 17.7 Å². The lowest BCUT2D eigenvalue weighted by molar-refractivity contribution is -0.127. The maximum atomic E-state index is 13.1. The van der Waals surface area contributed by atoms with Crippen LogP contribution in [-0.2, 0) is 14.8 Å². The van der Waals surface area contributed by atoms with E-state index in [-0.39, 0.29) is 29.3 Å². The standard InChI is InChI=1S/C22H37N3O4S/c1-6-22(4,5)18-9-11-19(12-10-18)23-21(26)17-8-7-13-25(14-17)30(27,28)20-15(2)24-29-16(20)3/h17-19H,6-14H2,1-5H3,(H,23,26). The number of hydrogen-bond donors (Lipinski definition) is 1. The van der Waals surface area contributed by atoms with E-state index in [0.717, 1.165) is 32.1 Å². The van der Waals surface area contributed by atoms with Gasteiger partial charge in [-0.15, -0.1) is 0 Å². The number of aromatic nitrogens is 1. The highest BCUT2D eigenvalue weighted by molar-refractivity contribution is 7.89. The van der Waals surface area contributed by atoms with Crippen LogP contribution in [0.3, 0.4) is 0 Å². The van der Waals surface area contributed by atoms with Gasteiger partial charge < -0.3 is 9.84 Å². The van der Waals surface area contributed by atoms with Crippen molar-refractivity contribution in [1.82, 2.24) is 14.8 Å². The van der Waals surface area contributed by atoms with E-state index in [1.165, 1.54) is 10.7 Å². The minimum Gasteiger partial charge on any atom is -0.360 e. The van der Waals surface area contributed by atoms with Crippen molar-refractivity contribution in [2.45, 2.75) is 90.5 Å². The molecule has 0 bridgehead atoms. The summed E-state index contributed by atoms with van der Waals surface area (Å²) in [5.74, 6) is 0.692. The maximum Gasteiger partial charge on any atom is 0.248 e. The van der Waals surface area contributed by atoms with Crippen LogP contribution in [0.15, 0.2) is 9.42 Å². The Morgan fingerprint density at radius 3 is 2.43 bits per heavy atom. The van der Waals surface area contributed by atoms with Crippen LogP contribution in [0.25, 0.3) is 0 Å². The first-order valence-corrected chi connectivity index (χ1v) is 12.7. The van der Waals surface area contributed by atoms with Crippen LogP contribution in [0, 0.1) is 31.1 Å². The molecule has 30 heavy (non-hydrogen) atoms. The van der Waals surface area contributed by atoms with Gasteiger partial charge in [-0.3, -0.25) is 4.79 Å². The second-order valence-corrected chi connectivity index (χ2v) is 11.6. The Hall–Kier alpha value is -1.41. The molecule has 1 saturated heterocycles. The van der Waals surface area contributed by atoms with Gasteiger partial charge in [0.1, 0.15) is 10.6 Å². The lowest BCUT2D eigenvalue weighted by atomic mass is 9.69. The molecule has 0 spiro atoms. The Morgan fingerprint density at radius 1 is 1.20 bits per heavy atom. The first kappa shape index (κ1) is 23.3. The highest BCUT2D eigenvalue weighted by Gasteiger charge is 2.38. The Kier molecular flexibility index (Phi) is 6.97. The van der Waals surface area contributed by atoms with Gasteiger partial charge in [0, 0.05) is 19.1 Å². The zero-order valence-corrected chi connectivity index (χ0v) is 19.8. The molecule has 0 aromatic carbocycles. The fraction of sp³-hybridized carbons (Fsp3) is 0.818. The number of carbonyl (C=O) groups is 1. The summed E-state index contributed by atoms with van der Waals surface area (Å²) in [7, 11) is -3.71. The van der Waals surface area contributed by atoms with E-state index in [2.05, 4.69) is 31.2 Å². The number of piperidine rings is 1. The molecule has 1 atom stereocenters. The van der Waals surface area contributed by atoms with Crippen LogP contribution in [0.2, 0.25) is 0 Å². The molecule has 3 rings (SSSR count). The fourth-order valence-electron chi connectivity index (χ4n) is 4.97. The van der Waals surface area contributed by atoms with E-state index in [1.54, 1.807) is 13.8 Å². The monoisotopic (exact) mass is 439 g/mol. The molecule has 1 aromatic heterocycles. The number of amides is 1. The molecule has 1 aliphatic heterocycles. The van der Waals surface area contributed by atoms with E-state index in [1.807, 2.05) is 0 Å². The molecular formula is C22H37N3O4S. The summed E-state index contributed by atoms with van der Waals surface area (Å²) in [5, 5.41) is 6.99. The van der Waals surface area contributed by atoms with Crippen molar-refractivity contribution in [3.63, 3.8) is 0 Å². The first-order chi connectivity index (χ1) is 14.1. The Balaban J connectivity index is 1.59. The second-order valence-electron chi connectivity index (χ2n) is 9.75. The molecule has 2 fully saturated rings. The lowest BCUT2D eigenvalue weighted by Gasteiger charge is -2.39. The van der Waals surface area contributed by atoms with Crippen molar-refractivity contribution >= 4 is 15.9 Å². The minimum atomic E-state index is -3.71. The Bertz CT molecular complexity index is 834. The van der Waals surface area contributed by atoms with Gasteiger partial charge in [-0.05, 0) is 63.7 Å². The van der Waals surface area contributed by atoms with Crippen LogP contribution in [0.4, 0.5) is 0 Å². The third-order valence-corrected chi connectivity index (χ3v) is 9.52. The highest BCUT2D eigenvalue weighted by Crippen LogP contribution is 2.40. The predicted octanol–water partition coefficient (Wildman–Crippen LogP) is 3.80. The van der Waals surface area contributed by atoms with Gasteiger partial charge >= 0.3 is 0 Å². The number of aryl methyl sites for hydroxylation is 2. The second kappa shape index (κ2) is 8.99. The molecular weight excluding hydrogens is 402 g/mol. The fourth-order valence-corrected chi connectivity index (χ4v) is 6.79. The number of hydrogen-bond acceptors (Lipinski definition) is 5. The summed E-state index contributed by atoms with van der Waals surface area (Å²) < 4.78 is 32.7. The van der Waals surface area contributed by atoms with E-state index in [0.29, 0.717) is 35.8 Å². The van der Waals surface area contributed by atoms with E-state index in [9.17, 15) is 13.2 Å². The molecule has 2 heterocycles. The number of sulfonamides is 1. The molecule has 170 valence electrons. The van der Waals surface area contributed by atoms with Gasteiger partial charge in [0.2, 0.25) is 15.9 Å². The van der Waals surface area contributed by atoms with Gasteiger partial charge in [0.25, 0.3) is 0 Å². The minimum absolute atomic E-state index is 0.00753. The highest BCUT2D eigenvalue weighted by atomic mass is 32.2. The van der Waals surface area contributed by atoms with Crippen molar-refractivity contribution in [3.8, 4) is 0 Å². The molecule has 2 aliphatic rings. The van der Waals surface area contributed by atoms with Crippen molar-refractivity contribution in [2.24, 2.45) is 17.3 Å². The predicted molar refractivity (Wildman–Crippen MR) is 115 cm³/mol. The van der Waals surface area contributed by atoms with Crippen LogP contribution in [0.5, 0.6) is 0 Å². The molecule has 0 radical (unpaired) electrons. The summed E-state index contributed by atoms with van der Waals surface area (Å²) in [4.78, 5) is 13.1. The van der Waals surface area contributed by atoms with Gasteiger partial charge in [0.15, 0.2) is 5.76 Å². The van der Waals surface area contributed by atoms with Crippen LogP contribution in [-0.4, -0.2) is 42.9 Å². The summed E-state index contributed by atoms with van der Waals surface area (Å²) >= 11 is 0. The van der Waals surface area contributed by atoms with Gasteiger partial charge in [-0.25, -0.2) is 8.42 Å². The van der Waals surface area contributed by atoms with Crippen molar-refractivity contribution in [1.29, 1.82) is 0 Å². The molecule has 1 N–H and O–H groups in total. The molecule has 1 saturated carbocycles. The lowest BCUT2D eigenvalue weighted by Crippen LogP contribution is -2.48. The molecule has 1 amide bonds. The molecule has 7 nitrogen and oxygen atoms in total. The Labute approximate surface area is 181 Å². The SMILES string of the molecule is CCC(C)(C)C1CCC(NC(=O)C2CCCN(S(=O)(=O)c3c(C)noc3C)C2)CC1. The van der Waals surface area contributed by atoms with E-state index in [4.69, 9.17) is 4.52 Å². The van der Waals surface area contributed by atoms with Gasteiger partial charge in [-0.1, -0.05) is 32.3 Å². The average Bonchev–Trinajstić information content (AvgIpc) is 3.07. The normalized spacial score (nSPS) is 26.5. The third kappa shape index (κ3) is 4.74. The van der Waals surface area contributed by atoms with E-state index >= 15 is 0 Å². The number of carbonyl (C=O) groups excluding carboxylic acids is 1. The largest absolute Gasteiger partial charge is 0.360 e. The van der Waals surface area contributed by atoms with Gasteiger partial charge in [0.05, 0.1) is 5.92 Å². The average molecular weight is 440 g/mol. The Morgan fingerprint density at radius 2 is 1.87 bits per heavy atom. The molecule has 1 aliphatic carbocycles.